The van der Waals surface area contributed by atoms with Crippen molar-refractivity contribution < 1.29 is 17.9 Å². The number of carbonyl (C=O) groups is 1. The van der Waals surface area contributed by atoms with Crippen LogP contribution in [-0.2, 0) is 16.6 Å². The fourth-order valence-corrected chi connectivity index (χ4v) is 7.60. The van der Waals surface area contributed by atoms with Crippen molar-refractivity contribution >= 4 is 42.6 Å². The quantitative estimate of drug-likeness (QED) is 0.265. The summed E-state index contributed by atoms with van der Waals surface area (Å²) in [7, 11) is -2.02. The third-order valence-corrected chi connectivity index (χ3v) is 10.0. The maximum absolute atomic E-state index is 13.8. The first-order chi connectivity index (χ1) is 18.4. The van der Waals surface area contributed by atoms with Gasteiger partial charge in [0, 0.05) is 24.2 Å². The fourth-order valence-electron chi connectivity index (χ4n) is 4.89. The lowest BCUT2D eigenvalue weighted by Gasteiger charge is -2.34. The van der Waals surface area contributed by atoms with Crippen LogP contribution in [0.25, 0.3) is 10.2 Å². The molecule has 198 valence electrons. The summed E-state index contributed by atoms with van der Waals surface area (Å²) in [5.74, 6) is 0.458. The van der Waals surface area contributed by atoms with Crippen LogP contribution in [0.15, 0.2) is 77.7 Å². The molecule has 1 atom stereocenters. The first-order valence-corrected chi connectivity index (χ1v) is 15.1. The minimum Gasteiger partial charge on any atom is -0.497 e. The second kappa shape index (κ2) is 11.2. The smallest absolute Gasteiger partial charge is 0.260 e. The number of anilines is 1. The molecular weight excluding hydrogens is 518 g/mol. The largest absolute Gasteiger partial charge is 0.497 e. The number of amides is 1. The molecule has 9 heteroatoms. The SMILES string of the molecule is CCC1CCCCN1S(=O)(=O)c1ccc(C(=O)N(Cc2ccccc2)c2nc3cc(OC)ccc3s2)cc1. The molecular formula is C29H31N3O4S2. The number of ether oxygens (including phenoxy) is 1. The summed E-state index contributed by atoms with van der Waals surface area (Å²) in [5.41, 5.74) is 2.12. The van der Waals surface area contributed by atoms with Crippen molar-refractivity contribution in [2.24, 2.45) is 0 Å². The van der Waals surface area contributed by atoms with Gasteiger partial charge >= 0.3 is 0 Å². The highest BCUT2D eigenvalue weighted by Crippen LogP contribution is 2.33. The van der Waals surface area contributed by atoms with Crippen LogP contribution in [-0.4, -0.2) is 43.3 Å². The molecule has 1 aliphatic rings. The Bertz CT molecular complexity index is 1520. The van der Waals surface area contributed by atoms with Crippen molar-refractivity contribution in [1.29, 1.82) is 0 Å². The number of carbonyl (C=O) groups excluding carboxylic acids is 1. The standard InChI is InChI=1S/C29H31N3O4S2/c1-3-23-11-7-8-18-32(23)38(34,35)25-15-12-22(13-16-25)28(33)31(20-21-9-5-4-6-10-21)29-30-26-19-24(36-2)14-17-27(26)37-29/h4-6,9-10,12-17,19,23H,3,7-8,11,18,20H2,1-2H3. The van der Waals surface area contributed by atoms with E-state index in [-0.39, 0.29) is 16.8 Å². The number of thiazole rings is 1. The molecule has 1 amide bonds. The third kappa shape index (κ3) is 5.32. The van der Waals surface area contributed by atoms with Gasteiger partial charge in [-0.15, -0.1) is 0 Å². The number of methoxy groups -OCH3 is 1. The molecule has 5 rings (SSSR count). The van der Waals surface area contributed by atoms with Crippen LogP contribution < -0.4 is 9.64 Å². The first kappa shape index (κ1) is 26.3. The van der Waals surface area contributed by atoms with Gasteiger partial charge in [-0.1, -0.05) is 55.0 Å². The van der Waals surface area contributed by atoms with Gasteiger partial charge in [0.1, 0.15) is 5.75 Å². The number of hydrogen-bond donors (Lipinski definition) is 0. The molecule has 0 spiro atoms. The number of rotatable bonds is 8. The average Bonchev–Trinajstić information content (AvgIpc) is 3.39. The molecule has 3 aromatic carbocycles. The number of aromatic nitrogens is 1. The van der Waals surface area contributed by atoms with Crippen molar-refractivity contribution in [2.45, 2.75) is 50.1 Å². The van der Waals surface area contributed by atoms with Crippen LogP contribution in [0.3, 0.4) is 0 Å². The van der Waals surface area contributed by atoms with Gasteiger partial charge < -0.3 is 4.74 Å². The Morgan fingerprint density at radius 1 is 1.08 bits per heavy atom. The van der Waals surface area contributed by atoms with Gasteiger partial charge in [0.05, 0.1) is 28.8 Å². The molecule has 38 heavy (non-hydrogen) atoms. The highest BCUT2D eigenvalue weighted by atomic mass is 32.2. The Labute approximate surface area is 227 Å². The van der Waals surface area contributed by atoms with Crippen LogP contribution >= 0.6 is 11.3 Å². The molecule has 1 aliphatic heterocycles. The summed E-state index contributed by atoms with van der Waals surface area (Å²) >= 11 is 1.43. The zero-order valence-corrected chi connectivity index (χ0v) is 23.2. The van der Waals surface area contributed by atoms with Gasteiger partial charge in [-0.3, -0.25) is 9.69 Å². The molecule has 0 saturated carbocycles. The van der Waals surface area contributed by atoms with Crippen molar-refractivity contribution in [3.8, 4) is 5.75 Å². The van der Waals surface area contributed by atoms with E-state index in [2.05, 4.69) is 0 Å². The summed E-state index contributed by atoms with van der Waals surface area (Å²) in [4.78, 5) is 20.4. The Kier molecular flexibility index (Phi) is 7.78. The molecule has 0 N–H and O–H groups in total. The zero-order chi connectivity index (χ0) is 26.7. The summed E-state index contributed by atoms with van der Waals surface area (Å²) in [6.45, 7) is 2.90. The van der Waals surface area contributed by atoms with E-state index >= 15 is 0 Å². The number of nitrogens with zero attached hydrogens (tertiary/aromatic N) is 3. The van der Waals surface area contributed by atoms with E-state index in [0.717, 1.165) is 41.5 Å². The predicted octanol–water partition coefficient (Wildman–Crippen LogP) is 6.11. The van der Waals surface area contributed by atoms with Gasteiger partial charge in [-0.25, -0.2) is 13.4 Å². The second-order valence-electron chi connectivity index (χ2n) is 9.40. The van der Waals surface area contributed by atoms with E-state index in [9.17, 15) is 13.2 Å². The average molecular weight is 550 g/mol. The summed E-state index contributed by atoms with van der Waals surface area (Å²) in [5, 5.41) is 0.568. The molecule has 0 bridgehead atoms. The number of piperidine rings is 1. The monoisotopic (exact) mass is 549 g/mol. The lowest BCUT2D eigenvalue weighted by atomic mass is 10.0. The predicted molar refractivity (Wildman–Crippen MR) is 151 cm³/mol. The lowest BCUT2D eigenvalue weighted by Crippen LogP contribution is -2.43. The third-order valence-electron chi connectivity index (χ3n) is 7.00. The Morgan fingerprint density at radius 2 is 1.84 bits per heavy atom. The maximum atomic E-state index is 13.8. The number of benzene rings is 3. The zero-order valence-electron chi connectivity index (χ0n) is 21.5. The highest BCUT2D eigenvalue weighted by Gasteiger charge is 2.32. The van der Waals surface area contributed by atoms with Gasteiger partial charge in [-0.2, -0.15) is 4.31 Å². The van der Waals surface area contributed by atoms with E-state index in [0.29, 0.717) is 29.5 Å². The van der Waals surface area contributed by atoms with E-state index in [1.165, 1.54) is 11.3 Å². The summed E-state index contributed by atoms with van der Waals surface area (Å²) < 4.78 is 34.7. The van der Waals surface area contributed by atoms with E-state index in [4.69, 9.17) is 9.72 Å². The number of fused-ring (bicyclic) bond motifs is 1. The molecule has 1 fully saturated rings. The fraction of sp³-hybridized carbons (Fsp3) is 0.310. The van der Waals surface area contributed by atoms with Crippen molar-refractivity contribution in [1.82, 2.24) is 9.29 Å². The van der Waals surface area contributed by atoms with Gasteiger partial charge in [-0.05, 0) is 61.2 Å². The minimum absolute atomic E-state index is 0.0223. The summed E-state index contributed by atoms with van der Waals surface area (Å²) in [6.07, 6.45) is 3.59. The van der Waals surface area contributed by atoms with Crippen molar-refractivity contribution in [2.75, 3.05) is 18.6 Å². The molecule has 1 aromatic heterocycles. The molecule has 7 nitrogen and oxygen atoms in total. The van der Waals surface area contributed by atoms with E-state index < -0.39 is 10.0 Å². The molecule has 4 aromatic rings. The van der Waals surface area contributed by atoms with Crippen molar-refractivity contribution in [3.05, 3.63) is 83.9 Å². The highest BCUT2D eigenvalue weighted by molar-refractivity contribution is 7.89. The van der Waals surface area contributed by atoms with Crippen molar-refractivity contribution in [3.63, 3.8) is 0 Å². The van der Waals surface area contributed by atoms with E-state index in [1.54, 1.807) is 40.6 Å². The van der Waals surface area contributed by atoms with Crippen LogP contribution in [0.4, 0.5) is 5.13 Å². The second-order valence-corrected chi connectivity index (χ2v) is 12.3. The maximum Gasteiger partial charge on any atom is 0.260 e. The Hall–Kier alpha value is -3.27. The van der Waals surface area contributed by atoms with Gasteiger partial charge in [0.25, 0.3) is 5.91 Å². The van der Waals surface area contributed by atoms with Crippen LogP contribution in [0.5, 0.6) is 5.75 Å². The summed E-state index contributed by atoms with van der Waals surface area (Å²) in [6, 6.07) is 21.7. The Balaban J connectivity index is 1.46. The minimum atomic E-state index is -3.62. The molecule has 1 saturated heterocycles. The van der Waals surface area contributed by atoms with Gasteiger partial charge in [0.15, 0.2) is 5.13 Å². The molecule has 0 aliphatic carbocycles. The number of sulfonamides is 1. The first-order valence-electron chi connectivity index (χ1n) is 12.8. The van der Waals surface area contributed by atoms with Crippen LogP contribution in [0.2, 0.25) is 0 Å². The van der Waals surface area contributed by atoms with Crippen LogP contribution in [0, 0.1) is 0 Å². The molecule has 1 unspecified atom stereocenters. The topological polar surface area (TPSA) is 79.8 Å². The number of hydrogen-bond acceptors (Lipinski definition) is 6. The molecule has 0 radical (unpaired) electrons. The lowest BCUT2D eigenvalue weighted by molar-refractivity contribution is 0.0985. The van der Waals surface area contributed by atoms with Crippen LogP contribution in [0.1, 0.15) is 48.5 Å². The molecule has 2 heterocycles. The van der Waals surface area contributed by atoms with Gasteiger partial charge in [0.2, 0.25) is 10.0 Å². The normalized spacial score (nSPS) is 16.4. The Morgan fingerprint density at radius 3 is 2.55 bits per heavy atom. The van der Waals surface area contributed by atoms with E-state index in [1.807, 2.05) is 55.5 Å².